The van der Waals surface area contributed by atoms with Crippen molar-refractivity contribution in [3.8, 4) is 0 Å². The van der Waals surface area contributed by atoms with Gasteiger partial charge in [0.1, 0.15) is 0 Å². The second-order valence-electron chi connectivity index (χ2n) is 5.25. The quantitative estimate of drug-likeness (QED) is 0.754. The van der Waals surface area contributed by atoms with Crippen LogP contribution in [0.25, 0.3) is 0 Å². The summed E-state index contributed by atoms with van der Waals surface area (Å²) in [6.07, 6.45) is 4.81. The van der Waals surface area contributed by atoms with E-state index in [0.29, 0.717) is 6.04 Å². The third kappa shape index (κ3) is 3.44. The van der Waals surface area contributed by atoms with E-state index in [1.807, 2.05) is 0 Å². The minimum atomic E-state index is 0.204. The molecule has 0 aromatic rings. The largest absolute Gasteiger partial charge is 0.381 e. The summed E-state index contributed by atoms with van der Waals surface area (Å²) in [6, 6.07) is 0.686. The Morgan fingerprint density at radius 1 is 1.38 bits per heavy atom. The molecule has 3 nitrogen and oxygen atoms in total. The fourth-order valence-corrected chi connectivity index (χ4v) is 2.83. The van der Waals surface area contributed by atoms with Crippen LogP contribution in [0.5, 0.6) is 0 Å². The van der Waals surface area contributed by atoms with Crippen molar-refractivity contribution in [1.29, 1.82) is 0 Å². The molecule has 1 heterocycles. The number of nitrogens with two attached hydrogens (primary N) is 1. The maximum absolute atomic E-state index is 5.96. The summed E-state index contributed by atoms with van der Waals surface area (Å²) in [4.78, 5) is 2.47. The van der Waals surface area contributed by atoms with Gasteiger partial charge in [0.05, 0.1) is 6.61 Å². The Bertz CT molecular complexity index is 186. The molecule has 0 aromatic carbocycles. The molecule has 0 aliphatic carbocycles. The van der Waals surface area contributed by atoms with E-state index in [0.717, 1.165) is 32.7 Å². The zero-order valence-corrected chi connectivity index (χ0v) is 11.2. The lowest BCUT2D eigenvalue weighted by Crippen LogP contribution is -2.49. The molecule has 1 aliphatic rings. The first-order valence-electron chi connectivity index (χ1n) is 6.65. The van der Waals surface area contributed by atoms with Gasteiger partial charge in [-0.25, -0.2) is 0 Å². The fraction of sp³-hybridized carbons (Fsp3) is 1.00. The normalized spacial score (nSPS) is 26.6. The molecule has 0 spiro atoms. The number of ether oxygens (including phenoxy) is 1. The molecule has 1 saturated heterocycles. The van der Waals surface area contributed by atoms with E-state index in [4.69, 9.17) is 10.5 Å². The van der Waals surface area contributed by atoms with Crippen molar-refractivity contribution in [2.75, 3.05) is 33.4 Å². The molecule has 16 heavy (non-hydrogen) atoms. The van der Waals surface area contributed by atoms with E-state index < -0.39 is 0 Å². The zero-order valence-electron chi connectivity index (χ0n) is 11.2. The van der Waals surface area contributed by atoms with E-state index >= 15 is 0 Å². The first-order chi connectivity index (χ1) is 7.67. The van der Waals surface area contributed by atoms with Crippen molar-refractivity contribution in [2.45, 2.75) is 45.6 Å². The van der Waals surface area contributed by atoms with E-state index in [2.05, 4.69) is 25.8 Å². The van der Waals surface area contributed by atoms with Gasteiger partial charge in [-0.2, -0.15) is 0 Å². The summed E-state index contributed by atoms with van der Waals surface area (Å²) in [5, 5.41) is 0. The van der Waals surface area contributed by atoms with Gasteiger partial charge in [0.25, 0.3) is 0 Å². The van der Waals surface area contributed by atoms with Gasteiger partial charge >= 0.3 is 0 Å². The highest BCUT2D eigenvalue weighted by Gasteiger charge is 2.33. The molecule has 2 N–H and O–H groups in total. The SMILES string of the molecule is CCC(CC)N(C)CC1(CN)CCCOC1. The summed E-state index contributed by atoms with van der Waals surface area (Å²) in [5.74, 6) is 0. The van der Waals surface area contributed by atoms with Crippen molar-refractivity contribution in [2.24, 2.45) is 11.1 Å². The third-order valence-corrected chi connectivity index (χ3v) is 3.99. The van der Waals surface area contributed by atoms with Gasteiger partial charge < -0.3 is 15.4 Å². The summed E-state index contributed by atoms with van der Waals surface area (Å²) in [5.41, 5.74) is 6.17. The van der Waals surface area contributed by atoms with Crippen LogP contribution in [-0.2, 0) is 4.74 Å². The Balaban J connectivity index is 2.54. The van der Waals surface area contributed by atoms with Crippen LogP contribution in [-0.4, -0.2) is 44.3 Å². The molecule has 0 aromatic heterocycles. The van der Waals surface area contributed by atoms with Crippen molar-refractivity contribution >= 4 is 0 Å². The Labute approximate surface area is 100 Å². The predicted octanol–water partition coefficient (Wildman–Crippen LogP) is 1.86. The molecule has 1 aliphatic heterocycles. The van der Waals surface area contributed by atoms with Gasteiger partial charge in [0.15, 0.2) is 0 Å². The smallest absolute Gasteiger partial charge is 0.0546 e. The second-order valence-corrected chi connectivity index (χ2v) is 5.25. The standard InChI is InChI=1S/C13H28N2O/c1-4-12(5-2)15(3)10-13(9-14)7-6-8-16-11-13/h12H,4-11,14H2,1-3H3. The van der Waals surface area contributed by atoms with Crippen molar-refractivity contribution in [1.82, 2.24) is 4.90 Å². The molecule has 1 fully saturated rings. The van der Waals surface area contributed by atoms with E-state index in [1.165, 1.54) is 19.3 Å². The van der Waals surface area contributed by atoms with Crippen molar-refractivity contribution in [3.05, 3.63) is 0 Å². The van der Waals surface area contributed by atoms with Crippen molar-refractivity contribution in [3.63, 3.8) is 0 Å². The number of nitrogens with zero attached hydrogens (tertiary/aromatic N) is 1. The summed E-state index contributed by atoms with van der Waals surface area (Å²) in [7, 11) is 2.23. The van der Waals surface area contributed by atoms with E-state index in [9.17, 15) is 0 Å². The molecule has 0 bridgehead atoms. The predicted molar refractivity (Wildman–Crippen MR) is 68.5 cm³/mol. The molecule has 1 atom stereocenters. The molecule has 0 amide bonds. The molecule has 1 rings (SSSR count). The highest BCUT2D eigenvalue weighted by Crippen LogP contribution is 2.29. The Morgan fingerprint density at radius 2 is 2.06 bits per heavy atom. The summed E-state index contributed by atoms with van der Waals surface area (Å²) >= 11 is 0. The minimum absolute atomic E-state index is 0.204. The van der Waals surface area contributed by atoms with Gasteiger partial charge in [-0.15, -0.1) is 0 Å². The van der Waals surface area contributed by atoms with Crippen LogP contribution >= 0.6 is 0 Å². The Hall–Kier alpha value is -0.120. The molecular weight excluding hydrogens is 200 g/mol. The number of hydrogen-bond donors (Lipinski definition) is 1. The zero-order chi connectivity index (χ0) is 12.0. The average molecular weight is 228 g/mol. The van der Waals surface area contributed by atoms with E-state index in [1.54, 1.807) is 0 Å². The number of hydrogen-bond acceptors (Lipinski definition) is 3. The van der Waals surface area contributed by atoms with Crippen LogP contribution in [0.1, 0.15) is 39.5 Å². The van der Waals surface area contributed by atoms with Crippen LogP contribution in [0.3, 0.4) is 0 Å². The highest BCUT2D eigenvalue weighted by molar-refractivity contribution is 4.86. The highest BCUT2D eigenvalue weighted by atomic mass is 16.5. The monoisotopic (exact) mass is 228 g/mol. The maximum Gasteiger partial charge on any atom is 0.0546 e. The Morgan fingerprint density at radius 3 is 2.50 bits per heavy atom. The molecule has 3 heteroatoms. The molecule has 0 radical (unpaired) electrons. The van der Waals surface area contributed by atoms with Gasteiger partial charge in [-0.05, 0) is 32.7 Å². The first-order valence-corrected chi connectivity index (χ1v) is 6.65. The average Bonchev–Trinajstić information content (AvgIpc) is 2.32. The lowest BCUT2D eigenvalue weighted by atomic mass is 9.81. The van der Waals surface area contributed by atoms with E-state index in [-0.39, 0.29) is 5.41 Å². The molecular formula is C13H28N2O. The second kappa shape index (κ2) is 6.58. The molecule has 0 saturated carbocycles. The van der Waals surface area contributed by atoms with Gasteiger partial charge in [-0.1, -0.05) is 13.8 Å². The maximum atomic E-state index is 5.96. The van der Waals surface area contributed by atoms with Gasteiger partial charge in [0.2, 0.25) is 0 Å². The summed E-state index contributed by atoms with van der Waals surface area (Å²) in [6.45, 7) is 8.10. The summed E-state index contributed by atoms with van der Waals surface area (Å²) < 4.78 is 5.62. The number of rotatable bonds is 6. The van der Waals surface area contributed by atoms with Crippen LogP contribution in [0.2, 0.25) is 0 Å². The fourth-order valence-electron chi connectivity index (χ4n) is 2.83. The van der Waals surface area contributed by atoms with Crippen molar-refractivity contribution < 1.29 is 4.74 Å². The molecule has 1 unspecified atom stereocenters. The molecule has 96 valence electrons. The van der Waals surface area contributed by atoms with Crippen LogP contribution < -0.4 is 5.73 Å². The minimum Gasteiger partial charge on any atom is -0.381 e. The Kier molecular flexibility index (Phi) is 5.73. The van der Waals surface area contributed by atoms with Crippen LogP contribution in [0.15, 0.2) is 0 Å². The first kappa shape index (κ1) is 13.9. The lowest BCUT2D eigenvalue weighted by molar-refractivity contribution is -0.0244. The third-order valence-electron chi connectivity index (χ3n) is 3.99. The van der Waals surface area contributed by atoms with Crippen LogP contribution in [0, 0.1) is 5.41 Å². The van der Waals surface area contributed by atoms with Gasteiger partial charge in [0, 0.05) is 31.2 Å². The lowest BCUT2D eigenvalue weighted by Gasteiger charge is -2.41. The van der Waals surface area contributed by atoms with Crippen LogP contribution in [0.4, 0.5) is 0 Å². The van der Waals surface area contributed by atoms with Gasteiger partial charge in [-0.3, -0.25) is 0 Å². The topological polar surface area (TPSA) is 38.5 Å².